The Morgan fingerprint density at radius 2 is 2.00 bits per heavy atom. The van der Waals surface area contributed by atoms with Crippen molar-refractivity contribution in [2.45, 2.75) is 64.3 Å². The zero-order valence-electron chi connectivity index (χ0n) is 14.1. The molecule has 1 saturated carbocycles. The first-order valence-electron chi connectivity index (χ1n) is 8.50. The van der Waals surface area contributed by atoms with Gasteiger partial charge in [0.25, 0.3) is 0 Å². The summed E-state index contributed by atoms with van der Waals surface area (Å²) in [7, 11) is 1.67. The number of anilines is 1. The van der Waals surface area contributed by atoms with E-state index in [1.54, 1.807) is 7.11 Å². The van der Waals surface area contributed by atoms with E-state index in [2.05, 4.69) is 24.1 Å². The Morgan fingerprint density at radius 1 is 1.23 bits per heavy atom. The highest BCUT2D eigenvalue weighted by Crippen LogP contribution is 2.32. The van der Waals surface area contributed by atoms with Gasteiger partial charge in [-0.05, 0) is 26.2 Å². The number of nitrogens with one attached hydrogen (secondary N) is 1. The summed E-state index contributed by atoms with van der Waals surface area (Å²) in [6.07, 6.45) is 7.31. The van der Waals surface area contributed by atoms with Crippen molar-refractivity contribution in [2.24, 2.45) is 0 Å². The second-order valence-electron chi connectivity index (χ2n) is 6.08. The minimum Gasteiger partial charge on any atom is -0.475 e. The predicted octanol–water partition coefficient (Wildman–Crippen LogP) is 3.76. The maximum atomic E-state index is 5.72. The first-order chi connectivity index (χ1) is 10.7. The van der Waals surface area contributed by atoms with Gasteiger partial charge >= 0.3 is 0 Å². The molecule has 0 saturated heterocycles. The van der Waals surface area contributed by atoms with Crippen LogP contribution in [0.3, 0.4) is 0 Å². The molecule has 5 heteroatoms. The van der Waals surface area contributed by atoms with Crippen molar-refractivity contribution in [1.82, 2.24) is 9.97 Å². The third-order valence-corrected chi connectivity index (χ3v) is 4.23. The zero-order chi connectivity index (χ0) is 15.8. The van der Waals surface area contributed by atoms with E-state index in [1.165, 1.54) is 32.1 Å². The quantitative estimate of drug-likeness (QED) is 0.741. The Morgan fingerprint density at radius 3 is 2.68 bits per heavy atom. The molecule has 1 atom stereocenters. The third kappa shape index (κ3) is 5.13. The number of hydrogen-bond acceptors (Lipinski definition) is 5. The molecule has 1 aliphatic carbocycles. The molecule has 0 radical (unpaired) electrons. The van der Waals surface area contributed by atoms with Crippen molar-refractivity contribution >= 4 is 5.82 Å². The standard InChI is InChI=1S/C17H29N3O2/c1-4-13(2)18-15-12-16(22-11-10-21-3)20-17(19-15)14-8-6-5-7-9-14/h12-14H,4-11H2,1-3H3,(H,18,19,20). The summed E-state index contributed by atoms with van der Waals surface area (Å²) in [5.41, 5.74) is 0. The molecule has 1 unspecified atom stereocenters. The smallest absolute Gasteiger partial charge is 0.218 e. The van der Waals surface area contributed by atoms with Crippen LogP contribution in [0.1, 0.15) is 64.1 Å². The van der Waals surface area contributed by atoms with Gasteiger partial charge in [-0.3, -0.25) is 0 Å². The number of ether oxygens (including phenoxy) is 2. The van der Waals surface area contributed by atoms with Crippen molar-refractivity contribution in [3.05, 3.63) is 11.9 Å². The largest absolute Gasteiger partial charge is 0.475 e. The van der Waals surface area contributed by atoms with Crippen molar-refractivity contribution in [1.29, 1.82) is 0 Å². The van der Waals surface area contributed by atoms with Gasteiger partial charge in [0.1, 0.15) is 18.2 Å². The van der Waals surface area contributed by atoms with E-state index in [0.717, 1.165) is 18.1 Å². The molecule has 22 heavy (non-hydrogen) atoms. The fraction of sp³-hybridized carbons (Fsp3) is 0.765. The van der Waals surface area contributed by atoms with Crippen LogP contribution in [-0.4, -0.2) is 36.3 Å². The summed E-state index contributed by atoms with van der Waals surface area (Å²) in [6.45, 7) is 5.40. The molecule has 0 aromatic carbocycles. The molecular weight excluding hydrogens is 278 g/mol. The zero-order valence-corrected chi connectivity index (χ0v) is 14.1. The highest BCUT2D eigenvalue weighted by molar-refractivity contribution is 5.39. The van der Waals surface area contributed by atoms with Crippen LogP contribution in [0.2, 0.25) is 0 Å². The van der Waals surface area contributed by atoms with E-state index < -0.39 is 0 Å². The Bertz CT molecular complexity index is 448. The molecule has 0 amide bonds. The molecule has 1 fully saturated rings. The molecule has 1 heterocycles. The lowest BCUT2D eigenvalue weighted by Gasteiger charge is -2.22. The van der Waals surface area contributed by atoms with Crippen LogP contribution in [-0.2, 0) is 4.74 Å². The highest BCUT2D eigenvalue weighted by Gasteiger charge is 2.20. The number of aromatic nitrogens is 2. The lowest BCUT2D eigenvalue weighted by Crippen LogP contribution is -2.17. The van der Waals surface area contributed by atoms with Crippen LogP contribution in [0, 0.1) is 0 Å². The van der Waals surface area contributed by atoms with Gasteiger partial charge in [-0.1, -0.05) is 26.2 Å². The lowest BCUT2D eigenvalue weighted by atomic mass is 9.89. The van der Waals surface area contributed by atoms with Crippen LogP contribution < -0.4 is 10.1 Å². The first-order valence-corrected chi connectivity index (χ1v) is 8.50. The molecule has 124 valence electrons. The fourth-order valence-corrected chi connectivity index (χ4v) is 2.72. The van der Waals surface area contributed by atoms with Crippen LogP contribution in [0.5, 0.6) is 5.88 Å². The number of methoxy groups -OCH3 is 1. The van der Waals surface area contributed by atoms with E-state index in [4.69, 9.17) is 14.5 Å². The molecule has 0 aliphatic heterocycles. The van der Waals surface area contributed by atoms with Gasteiger partial charge in [-0.15, -0.1) is 0 Å². The van der Waals surface area contributed by atoms with Gasteiger partial charge < -0.3 is 14.8 Å². The molecule has 1 N–H and O–H groups in total. The molecule has 0 bridgehead atoms. The van der Waals surface area contributed by atoms with Crippen LogP contribution >= 0.6 is 0 Å². The molecular formula is C17H29N3O2. The Balaban J connectivity index is 2.14. The van der Waals surface area contributed by atoms with Gasteiger partial charge in [0, 0.05) is 25.1 Å². The summed E-state index contributed by atoms with van der Waals surface area (Å²) < 4.78 is 10.8. The predicted molar refractivity (Wildman–Crippen MR) is 88.6 cm³/mol. The molecule has 1 aromatic rings. The van der Waals surface area contributed by atoms with Gasteiger partial charge in [-0.25, -0.2) is 4.98 Å². The normalized spacial score (nSPS) is 17.2. The summed E-state index contributed by atoms with van der Waals surface area (Å²) in [6, 6.07) is 2.29. The van der Waals surface area contributed by atoms with E-state index in [0.29, 0.717) is 31.1 Å². The topological polar surface area (TPSA) is 56.3 Å². The summed E-state index contributed by atoms with van der Waals surface area (Å²) in [4.78, 5) is 9.37. The summed E-state index contributed by atoms with van der Waals surface area (Å²) in [5.74, 6) is 2.92. The maximum absolute atomic E-state index is 5.72. The summed E-state index contributed by atoms with van der Waals surface area (Å²) >= 11 is 0. The number of hydrogen-bond donors (Lipinski definition) is 1. The van der Waals surface area contributed by atoms with Crippen molar-refractivity contribution in [3.8, 4) is 5.88 Å². The monoisotopic (exact) mass is 307 g/mol. The first kappa shape index (κ1) is 17.0. The van der Waals surface area contributed by atoms with E-state index in [9.17, 15) is 0 Å². The third-order valence-electron chi connectivity index (χ3n) is 4.23. The van der Waals surface area contributed by atoms with Crippen molar-refractivity contribution in [2.75, 3.05) is 25.6 Å². The average Bonchev–Trinajstić information content (AvgIpc) is 2.55. The molecule has 5 nitrogen and oxygen atoms in total. The lowest BCUT2D eigenvalue weighted by molar-refractivity contribution is 0.143. The summed E-state index contributed by atoms with van der Waals surface area (Å²) in [5, 5.41) is 3.44. The van der Waals surface area contributed by atoms with Gasteiger partial charge in [0.05, 0.1) is 6.61 Å². The van der Waals surface area contributed by atoms with Gasteiger partial charge in [0.2, 0.25) is 5.88 Å². The van der Waals surface area contributed by atoms with E-state index in [1.807, 2.05) is 6.07 Å². The second kappa shape index (κ2) is 8.93. The molecule has 2 rings (SSSR count). The van der Waals surface area contributed by atoms with Crippen molar-refractivity contribution < 1.29 is 9.47 Å². The van der Waals surface area contributed by atoms with Crippen LogP contribution in [0.15, 0.2) is 6.07 Å². The number of rotatable bonds is 8. The van der Waals surface area contributed by atoms with Crippen LogP contribution in [0.4, 0.5) is 5.82 Å². The minimum absolute atomic E-state index is 0.390. The SMILES string of the molecule is CCC(C)Nc1cc(OCCOC)nc(C2CCCCC2)n1. The molecule has 0 spiro atoms. The minimum atomic E-state index is 0.390. The Labute approximate surface area is 133 Å². The number of nitrogens with zero attached hydrogens (tertiary/aromatic N) is 2. The fourth-order valence-electron chi connectivity index (χ4n) is 2.72. The Hall–Kier alpha value is -1.36. The Kier molecular flexibility index (Phi) is 6.90. The molecule has 1 aliphatic rings. The van der Waals surface area contributed by atoms with Gasteiger partial charge in [0.15, 0.2) is 0 Å². The van der Waals surface area contributed by atoms with Crippen molar-refractivity contribution in [3.63, 3.8) is 0 Å². The van der Waals surface area contributed by atoms with E-state index in [-0.39, 0.29) is 0 Å². The van der Waals surface area contributed by atoms with Crippen LogP contribution in [0.25, 0.3) is 0 Å². The van der Waals surface area contributed by atoms with Gasteiger partial charge in [-0.2, -0.15) is 4.98 Å². The van der Waals surface area contributed by atoms with E-state index >= 15 is 0 Å². The molecule has 1 aromatic heterocycles. The second-order valence-corrected chi connectivity index (χ2v) is 6.08. The highest BCUT2D eigenvalue weighted by atomic mass is 16.5. The average molecular weight is 307 g/mol. The maximum Gasteiger partial charge on any atom is 0.218 e.